The summed E-state index contributed by atoms with van der Waals surface area (Å²) in [6, 6.07) is 3.58. The Morgan fingerprint density at radius 2 is 2.05 bits per heavy atom. The zero-order valence-electron chi connectivity index (χ0n) is 11.3. The number of hydrogen-bond donors (Lipinski definition) is 3. The minimum Gasteiger partial charge on any atom is -0.324 e. The third-order valence-corrected chi connectivity index (χ3v) is 4.12. The van der Waals surface area contributed by atoms with Crippen LogP contribution in [0.1, 0.15) is 20.3 Å². The lowest BCUT2D eigenvalue weighted by atomic mass is 10.1. The molecule has 0 fully saturated rings. The van der Waals surface area contributed by atoms with E-state index < -0.39 is 25.5 Å². The Morgan fingerprint density at radius 3 is 2.55 bits per heavy atom. The van der Waals surface area contributed by atoms with Gasteiger partial charge in [-0.25, -0.2) is 13.1 Å². The first-order chi connectivity index (χ1) is 9.27. The molecule has 0 radical (unpaired) electrons. The van der Waals surface area contributed by atoms with Gasteiger partial charge in [0.15, 0.2) is 4.90 Å². The Bertz CT molecular complexity index is 586. The highest BCUT2D eigenvalue weighted by molar-refractivity contribution is 7.89. The standard InChI is InChI=1S/C11H18N4O4S/c1-8(2)5-6-13-20(18,19)11-7-9(14-12)3-4-10(11)15(16)17/h3-4,7-8,13-14H,5-6,12H2,1-2H3. The molecule has 0 saturated carbocycles. The SMILES string of the molecule is CC(C)CCNS(=O)(=O)c1cc(NN)ccc1[N+](=O)[O-]. The molecule has 0 unspecified atom stereocenters. The summed E-state index contributed by atoms with van der Waals surface area (Å²) in [6.45, 7) is 4.13. The van der Waals surface area contributed by atoms with Gasteiger partial charge in [-0.3, -0.25) is 16.0 Å². The quantitative estimate of drug-likeness (QED) is 0.394. The molecule has 0 aliphatic heterocycles. The molecule has 0 atom stereocenters. The predicted octanol–water partition coefficient (Wildman–Crippen LogP) is 1.20. The van der Waals surface area contributed by atoms with Gasteiger partial charge in [-0.15, -0.1) is 0 Å². The van der Waals surface area contributed by atoms with Crippen molar-refractivity contribution < 1.29 is 13.3 Å². The summed E-state index contributed by atoms with van der Waals surface area (Å²) < 4.78 is 26.6. The Labute approximate surface area is 117 Å². The number of nitro benzene ring substituents is 1. The van der Waals surface area contributed by atoms with Gasteiger partial charge in [0.25, 0.3) is 5.69 Å². The van der Waals surface area contributed by atoms with E-state index in [4.69, 9.17) is 5.84 Å². The minimum absolute atomic E-state index is 0.220. The molecular formula is C11H18N4O4S. The van der Waals surface area contributed by atoms with E-state index in [1.54, 1.807) is 0 Å². The molecule has 8 nitrogen and oxygen atoms in total. The first-order valence-electron chi connectivity index (χ1n) is 6.02. The maximum atomic E-state index is 12.1. The largest absolute Gasteiger partial charge is 0.324 e. The molecule has 1 rings (SSSR count). The summed E-state index contributed by atoms with van der Waals surface area (Å²) in [5.41, 5.74) is 2.06. The molecule has 0 aromatic heterocycles. The fourth-order valence-electron chi connectivity index (χ4n) is 1.53. The Kier molecular flexibility index (Phi) is 5.43. The number of sulfonamides is 1. The summed E-state index contributed by atoms with van der Waals surface area (Å²) in [5.74, 6) is 5.52. The van der Waals surface area contributed by atoms with Gasteiger partial charge >= 0.3 is 0 Å². The molecule has 0 amide bonds. The Balaban J connectivity index is 3.11. The molecule has 0 aliphatic carbocycles. The number of rotatable bonds is 7. The van der Waals surface area contributed by atoms with Crippen LogP contribution in [-0.2, 0) is 10.0 Å². The number of benzene rings is 1. The molecule has 1 aromatic rings. The van der Waals surface area contributed by atoms with Gasteiger partial charge in [-0.1, -0.05) is 13.8 Å². The van der Waals surface area contributed by atoms with Crippen LogP contribution in [0.2, 0.25) is 0 Å². The van der Waals surface area contributed by atoms with Crippen molar-refractivity contribution in [3.8, 4) is 0 Å². The van der Waals surface area contributed by atoms with Gasteiger partial charge in [-0.05, 0) is 24.5 Å². The van der Waals surface area contributed by atoms with Crippen LogP contribution in [0.4, 0.5) is 11.4 Å². The molecule has 20 heavy (non-hydrogen) atoms. The highest BCUT2D eigenvalue weighted by Crippen LogP contribution is 2.26. The topological polar surface area (TPSA) is 127 Å². The second-order valence-corrected chi connectivity index (χ2v) is 6.40. The number of hydrogen-bond acceptors (Lipinski definition) is 6. The van der Waals surface area contributed by atoms with Crippen molar-refractivity contribution in [2.45, 2.75) is 25.2 Å². The Morgan fingerprint density at radius 1 is 1.40 bits per heavy atom. The number of nitrogen functional groups attached to an aromatic ring is 1. The van der Waals surface area contributed by atoms with Crippen LogP contribution < -0.4 is 16.0 Å². The summed E-state index contributed by atoms with van der Waals surface area (Å²) in [4.78, 5) is 9.77. The molecule has 9 heteroatoms. The van der Waals surface area contributed by atoms with E-state index in [1.807, 2.05) is 13.8 Å². The minimum atomic E-state index is -3.95. The van der Waals surface area contributed by atoms with E-state index in [-0.39, 0.29) is 12.2 Å². The van der Waals surface area contributed by atoms with Gasteiger partial charge in [0.05, 0.1) is 10.6 Å². The van der Waals surface area contributed by atoms with E-state index >= 15 is 0 Å². The summed E-state index contributed by atoms with van der Waals surface area (Å²) >= 11 is 0. The lowest BCUT2D eigenvalue weighted by molar-refractivity contribution is -0.387. The lowest BCUT2D eigenvalue weighted by Gasteiger charge is -2.10. The van der Waals surface area contributed by atoms with E-state index in [2.05, 4.69) is 10.1 Å². The van der Waals surface area contributed by atoms with E-state index in [0.717, 1.165) is 12.1 Å². The fourth-order valence-corrected chi connectivity index (χ4v) is 2.77. The molecule has 0 spiro atoms. The third-order valence-electron chi connectivity index (χ3n) is 2.63. The van der Waals surface area contributed by atoms with Gasteiger partial charge in [0.1, 0.15) is 0 Å². The number of hydrazine groups is 1. The van der Waals surface area contributed by atoms with Gasteiger partial charge in [0, 0.05) is 12.6 Å². The average Bonchev–Trinajstić information content (AvgIpc) is 2.37. The monoisotopic (exact) mass is 302 g/mol. The van der Waals surface area contributed by atoms with Crippen molar-refractivity contribution in [3.05, 3.63) is 28.3 Å². The van der Waals surface area contributed by atoms with E-state index in [1.165, 1.54) is 6.07 Å². The normalized spacial score (nSPS) is 11.6. The number of anilines is 1. The zero-order chi connectivity index (χ0) is 15.3. The van der Waals surface area contributed by atoms with Crippen molar-refractivity contribution >= 4 is 21.4 Å². The molecule has 0 bridgehead atoms. The smallest absolute Gasteiger partial charge is 0.289 e. The van der Waals surface area contributed by atoms with Crippen LogP contribution in [0.15, 0.2) is 23.1 Å². The van der Waals surface area contributed by atoms with Crippen molar-refractivity contribution in [2.24, 2.45) is 11.8 Å². The predicted molar refractivity (Wildman–Crippen MR) is 75.6 cm³/mol. The fraction of sp³-hybridized carbons (Fsp3) is 0.455. The van der Waals surface area contributed by atoms with Crippen LogP contribution in [0.3, 0.4) is 0 Å². The molecule has 1 aromatic carbocycles. The van der Waals surface area contributed by atoms with E-state index in [0.29, 0.717) is 12.3 Å². The highest BCUT2D eigenvalue weighted by atomic mass is 32.2. The van der Waals surface area contributed by atoms with Crippen LogP contribution in [0.5, 0.6) is 0 Å². The molecular weight excluding hydrogens is 284 g/mol. The molecule has 4 N–H and O–H groups in total. The number of nitro groups is 1. The van der Waals surface area contributed by atoms with Crippen LogP contribution >= 0.6 is 0 Å². The van der Waals surface area contributed by atoms with Gasteiger partial charge in [0.2, 0.25) is 10.0 Å². The van der Waals surface area contributed by atoms with Crippen molar-refractivity contribution in [1.29, 1.82) is 0 Å². The maximum absolute atomic E-state index is 12.1. The third kappa shape index (κ3) is 4.15. The van der Waals surface area contributed by atoms with Crippen LogP contribution in [0.25, 0.3) is 0 Å². The number of nitrogens with one attached hydrogen (secondary N) is 2. The summed E-state index contributed by atoms with van der Waals surface area (Å²) in [5, 5.41) is 10.9. The first kappa shape index (κ1) is 16.3. The average molecular weight is 302 g/mol. The zero-order valence-corrected chi connectivity index (χ0v) is 12.1. The van der Waals surface area contributed by atoms with Gasteiger partial charge in [-0.2, -0.15) is 0 Å². The summed E-state index contributed by atoms with van der Waals surface area (Å²) in [6.07, 6.45) is 0.641. The van der Waals surface area contributed by atoms with Crippen LogP contribution in [0, 0.1) is 16.0 Å². The molecule has 112 valence electrons. The molecule has 0 heterocycles. The maximum Gasteiger partial charge on any atom is 0.289 e. The molecule has 0 saturated heterocycles. The van der Waals surface area contributed by atoms with Crippen molar-refractivity contribution in [2.75, 3.05) is 12.0 Å². The van der Waals surface area contributed by atoms with Gasteiger partial charge < -0.3 is 5.43 Å². The first-order valence-corrected chi connectivity index (χ1v) is 7.51. The lowest BCUT2D eigenvalue weighted by Crippen LogP contribution is -2.26. The van der Waals surface area contributed by atoms with E-state index in [9.17, 15) is 18.5 Å². The second-order valence-electron chi connectivity index (χ2n) is 4.66. The molecule has 0 aliphatic rings. The highest BCUT2D eigenvalue weighted by Gasteiger charge is 2.25. The van der Waals surface area contributed by atoms with Crippen LogP contribution in [-0.4, -0.2) is 19.9 Å². The Hall–Kier alpha value is -1.71. The number of nitrogens with two attached hydrogens (primary N) is 1. The van der Waals surface area contributed by atoms with Crippen molar-refractivity contribution in [1.82, 2.24) is 4.72 Å². The summed E-state index contributed by atoms with van der Waals surface area (Å²) in [7, 11) is -3.95. The van der Waals surface area contributed by atoms with Crippen molar-refractivity contribution in [3.63, 3.8) is 0 Å². The second kappa shape index (κ2) is 6.64. The number of nitrogens with zero attached hydrogens (tertiary/aromatic N) is 1.